The van der Waals surface area contributed by atoms with Crippen molar-refractivity contribution < 1.29 is 8.39 Å². The molecule has 50 heavy (non-hydrogen) atoms. The molecule has 3 atom stereocenters. The first kappa shape index (κ1) is 34.9. The van der Waals surface area contributed by atoms with E-state index in [1.165, 1.54) is 53.2 Å². The van der Waals surface area contributed by atoms with E-state index in [1.54, 1.807) is 0 Å². The van der Waals surface area contributed by atoms with Gasteiger partial charge in [-0.2, -0.15) is 4.67 Å². The third-order valence-electron chi connectivity index (χ3n) is 10.8. The molecule has 3 nitrogen and oxygen atoms in total. The van der Waals surface area contributed by atoms with Crippen LogP contribution in [0.15, 0.2) is 140 Å². The van der Waals surface area contributed by atoms with Gasteiger partial charge in [0.15, 0.2) is 18.3 Å². The van der Waals surface area contributed by atoms with Crippen molar-refractivity contribution in [2.24, 2.45) is 0 Å². The van der Waals surface area contributed by atoms with E-state index < -0.39 is 28.1 Å². The summed E-state index contributed by atoms with van der Waals surface area (Å²) in [6.45, 7) is 10.0. The van der Waals surface area contributed by atoms with E-state index in [0.29, 0.717) is 6.54 Å². The average molecular weight is 718 g/mol. The van der Waals surface area contributed by atoms with Crippen LogP contribution in [-0.2, 0) is 6.54 Å². The maximum atomic E-state index is 7.65. The van der Waals surface area contributed by atoms with Crippen LogP contribution in [0.5, 0.6) is 0 Å². The maximum Gasteiger partial charge on any atom is 0.310 e. The Morgan fingerprint density at radius 3 is 1.66 bits per heavy atom. The molecule has 2 unspecified atom stereocenters. The van der Waals surface area contributed by atoms with E-state index in [9.17, 15) is 0 Å². The molecule has 7 aromatic rings. The Balaban J connectivity index is 1.75. The lowest BCUT2D eigenvalue weighted by Crippen LogP contribution is -2.23. The SMILES string of the molecule is BS(C)(CC)c1cc2ccccc2c2c1op(N(Cc1ccccc1)[C@H](C)c1ccccc1)oc1c(S(C)(CC)CC)cc3ccccc3c12. The number of fused-ring (bicyclic) bond motifs is 7. The molecule has 0 aliphatic heterocycles. The van der Waals surface area contributed by atoms with Crippen LogP contribution in [0.4, 0.5) is 0 Å². The van der Waals surface area contributed by atoms with E-state index in [1.807, 2.05) is 0 Å². The molecule has 1 heterocycles. The van der Waals surface area contributed by atoms with E-state index in [2.05, 4.69) is 173 Å². The smallest absolute Gasteiger partial charge is 0.310 e. The number of nitrogens with zero attached hydrogens (tertiary/aromatic N) is 1. The van der Waals surface area contributed by atoms with Crippen LogP contribution in [0, 0.1) is 0 Å². The van der Waals surface area contributed by atoms with Gasteiger partial charge in [0, 0.05) is 33.2 Å². The lowest BCUT2D eigenvalue weighted by Gasteiger charge is -2.34. The summed E-state index contributed by atoms with van der Waals surface area (Å²) in [7, 11) is -1.60. The third kappa shape index (κ3) is 6.30. The molecule has 7 heteroatoms. The van der Waals surface area contributed by atoms with Gasteiger partial charge in [-0.3, -0.25) is 9.88 Å². The van der Waals surface area contributed by atoms with E-state index in [-0.39, 0.29) is 6.04 Å². The highest BCUT2D eigenvalue weighted by molar-refractivity contribution is 8.49. The van der Waals surface area contributed by atoms with Crippen LogP contribution in [0.3, 0.4) is 0 Å². The number of hydrogen-bond acceptors (Lipinski definition) is 3. The largest absolute Gasteiger partial charge is 0.407 e. The Bertz CT molecular complexity index is 2340. The molecule has 0 aliphatic rings. The summed E-state index contributed by atoms with van der Waals surface area (Å²) in [5.41, 5.74) is 4.50. The van der Waals surface area contributed by atoms with Crippen LogP contribution in [0.2, 0.25) is 0 Å². The second-order valence-corrected chi connectivity index (χ2v) is 23.5. The predicted octanol–water partition coefficient (Wildman–Crippen LogP) is 12.7. The minimum atomic E-state index is -1.61. The number of benzene rings is 6. The summed E-state index contributed by atoms with van der Waals surface area (Å²) in [4.78, 5) is 2.67. The van der Waals surface area contributed by atoms with E-state index in [4.69, 9.17) is 8.39 Å². The summed E-state index contributed by atoms with van der Waals surface area (Å²) in [5, 5.41) is 7.33. The molecule has 0 radical (unpaired) electrons. The second kappa shape index (κ2) is 14.2. The Morgan fingerprint density at radius 1 is 0.640 bits per heavy atom. The topological polar surface area (TPSA) is 29.5 Å². The van der Waals surface area contributed by atoms with Gasteiger partial charge >= 0.3 is 8.16 Å². The van der Waals surface area contributed by atoms with Gasteiger partial charge in [-0.15, -0.1) is 0 Å². The zero-order valence-corrected chi connectivity index (χ0v) is 33.0. The van der Waals surface area contributed by atoms with Gasteiger partial charge in [-0.05, 0) is 81.5 Å². The molecule has 1 aromatic heterocycles. The van der Waals surface area contributed by atoms with Crippen molar-refractivity contribution in [3.8, 4) is 0 Å². The standard InChI is InChI=1S/C43H49BNO2PS2/c1-7-49(5,8-2)38-28-34-24-16-18-26-36(34)40-41-37-27-19-17-25-35(37)29-39(50(6,44)9-3)43(41)47-48(46-42(38)40)45(30-32-20-12-10-13-21-32)31(4)33-22-14-11-15-23-33/h10-29,31H,7-9,30,44H2,1-6H3/t31-,48?/m1/s1. The van der Waals surface area contributed by atoms with Gasteiger partial charge in [0.25, 0.3) is 0 Å². The molecule has 0 spiro atoms. The zero-order valence-electron chi connectivity index (χ0n) is 30.5. The first-order chi connectivity index (χ1) is 24.2. The fourth-order valence-electron chi connectivity index (χ4n) is 7.02. The number of hydrogen-bond donors (Lipinski definition) is 0. The Hall–Kier alpha value is -3.54. The first-order valence-electron chi connectivity index (χ1n) is 17.8. The fraction of sp³-hybridized carbons (Fsp3) is 0.256. The van der Waals surface area contributed by atoms with Crippen LogP contribution in [0.25, 0.3) is 43.5 Å². The molecule has 0 N–H and O–H groups in total. The third-order valence-corrected chi connectivity index (χ3v) is 19.2. The lowest BCUT2D eigenvalue weighted by molar-refractivity contribution is 0.588. The fourth-order valence-corrected chi connectivity index (χ4v) is 12.2. The summed E-state index contributed by atoms with van der Waals surface area (Å²) in [5.74, 6) is 3.24. The minimum Gasteiger partial charge on any atom is -0.407 e. The molecule has 0 aliphatic carbocycles. The number of rotatable bonds is 10. The molecule has 6 aromatic carbocycles. The minimum absolute atomic E-state index is 0.0444. The normalized spacial score (nSPS) is 15.4. The molecule has 7 rings (SSSR count). The van der Waals surface area contributed by atoms with Gasteiger partial charge in [0.1, 0.15) is 0 Å². The molecule has 0 bridgehead atoms. The molecule has 0 fully saturated rings. The van der Waals surface area contributed by atoms with Crippen molar-refractivity contribution in [2.45, 2.75) is 50.1 Å². The van der Waals surface area contributed by atoms with Crippen molar-refractivity contribution in [3.05, 3.63) is 132 Å². The van der Waals surface area contributed by atoms with Crippen molar-refractivity contribution in [3.63, 3.8) is 0 Å². The van der Waals surface area contributed by atoms with Crippen LogP contribution in [0.1, 0.15) is 44.9 Å². The molecule has 0 saturated carbocycles. The predicted molar refractivity (Wildman–Crippen MR) is 228 cm³/mol. The lowest BCUT2D eigenvalue weighted by atomic mass is 9.98. The van der Waals surface area contributed by atoms with Gasteiger partial charge in [0.05, 0.1) is 0 Å². The van der Waals surface area contributed by atoms with Gasteiger partial charge in [0.2, 0.25) is 0 Å². The van der Waals surface area contributed by atoms with Crippen molar-refractivity contribution >= 4 is 78.7 Å². The van der Waals surface area contributed by atoms with Crippen LogP contribution >= 0.6 is 28.1 Å². The summed E-state index contributed by atoms with van der Waals surface area (Å²) in [6.07, 6.45) is 4.93. The van der Waals surface area contributed by atoms with E-state index in [0.717, 1.165) is 28.4 Å². The molecule has 0 saturated heterocycles. The summed E-state index contributed by atoms with van der Waals surface area (Å²) in [6, 6.07) is 44.4. The highest BCUT2D eigenvalue weighted by atomic mass is 32.3. The Kier molecular flexibility index (Phi) is 9.93. The van der Waals surface area contributed by atoms with Gasteiger partial charge < -0.3 is 8.39 Å². The highest BCUT2D eigenvalue weighted by Crippen LogP contribution is 2.59. The summed E-state index contributed by atoms with van der Waals surface area (Å²) >= 11 is 0. The van der Waals surface area contributed by atoms with Crippen molar-refractivity contribution in [1.29, 1.82) is 0 Å². The summed E-state index contributed by atoms with van der Waals surface area (Å²) < 4.78 is 17.8. The maximum absolute atomic E-state index is 7.65. The van der Waals surface area contributed by atoms with Crippen LogP contribution < -0.4 is 4.67 Å². The van der Waals surface area contributed by atoms with Gasteiger partial charge in [-0.1, -0.05) is 130 Å². The second-order valence-electron chi connectivity index (χ2n) is 13.9. The molecular weight excluding hydrogens is 668 g/mol. The van der Waals surface area contributed by atoms with E-state index >= 15 is 0 Å². The molecule has 0 amide bonds. The Labute approximate surface area is 302 Å². The quantitative estimate of drug-likeness (QED) is 0.132. The highest BCUT2D eigenvalue weighted by Gasteiger charge is 2.30. The van der Waals surface area contributed by atoms with Crippen molar-refractivity contribution in [1.82, 2.24) is 0 Å². The van der Waals surface area contributed by atoms with Crippen LogP contribution in [-0.4, -0.2) is 36.9 Å². The monoisotopic (exact) mass is 717 g/mol. The average Bonchev–Trinajstić information content (AvgIpc) is 3.34. The Morgan fingerprint density at radius 2 is 1.12 bits per heavy atom. The molecule has 258 valence electrons. The first-order valence-corrected chi connectivity index (χ1v) is 23.9. The van der Waals surface area contributed by atoms with Crippen molar-refractivity contribution in [2.75, 3.05) is 34.4 Å². The molecular formula is C43H49BNO2PS2. The van der Waals surface area contributed by atoms with Gasteiger partial charge in [-0.25, -0.2) is 10.0 Å². The zero-order chi connectivity index (χ0) is 35.0.